The van der Waals surface area contributed by atoms with Crippen molar-refractivity contribution in [2.75, 3.05) is 5.75 Å². The topological polar surface area (TPSA) is 47.8 Å². The van der Waals surface area contributed by atoms with E-state index < -0.39 is 5.24 Å². The zero-order chi connectivity index (χ0) is 16.7. The van der Waals surface area contributed by atoms with Gasteiger partial charge in [0.05, 0.1) is 11.4 Å². The highest BCUT2D eigenvalue weighted by molar-refractivity contribution is 9.10. The summed E-state index contributed by atoms with van der Waals surface area (Å²) in [6.07, 6.45) is 2.53. The summed E-state index contributed by atoms with van der Waals surface area (Å²) < 4.78 is 2.53. The van der Waals surface area contributed by atoms with Crippen LogP contribution in [0.15, 0.2) is 46.3 Å². The van der Waals surface area contributed by atoms with Crippen molar-refractivity contribution in [3.05, 3.63) is 46.7 Å². The fourth-order valence-electron chi connectivity index (χ4n) is 2.92. The number of benzene rings is 2. The molecular formula is C17H13BrClN3OS. The molecule has 0 saturated heterocycles. The summed E-state index contributed by atoms with van der Waals surface area (Å²) in [6, 6.07) is 12.7. The quantitative estimate of drug-likeness (QED) is 0.432. The van der Waals surface area contributed by atoms with E-state index in [1.807, 2.05) is 10.6 Å². The molecule has 24 heavy (non-hydrogen) atoms. The molecule has 0 N–H and O–H groups in total. The summed E-state index contributed by atoms with van der Waals surface area (Å²) in [4.78, 5) is 11.1. The number of thioether (sulfide) groups is 1. The summed E-state index contributed by atoms with van der Waals surface area (Å²) in [5.74, 6) is 0.834. The maximum absolute atomic E-state index is 11.1. The van der Waals surface area contributed by atoms with Gasteiger partial charge in [0.1, 0.15) is 0 Å². The third-order valence-corrected chi connectivity index (χ3v) is 5.84. The molecule has 0 radical (unpaired) electrons. The monoisotopic (exact) mass is 421 g/mol. The van der Waals surface area contributed by atoms with Gasteiger partial charge in [-0.05, 0) is 63.3 Å². The van der Waals surface area contributed by atoms with Gasteiger partial charge in [0, 0.05) is 5.39 Å². The lowest BCUT2D eigenvalue weighted by Crippen LogP contribution is -2.01. The minimum atomic E-state index is -0.403. The lowest BCUT2D eigenvalue weighted by atomic mass is 9.99. The third kappa shape index (κ3) is 2.98. The fourth-order valence-corrected chi connectivity index (χ4v) is 4.30. The van der Waals surface area contributed by atoms with E-state index in [-0.39, 0.29) is 5.75 Å². The molecule has 3 aromatic rings. The van der Waals surface area contributed by atoms with Crippen LogP contribution >= 0.6 is 39.3 Å². The van der Waals surface area contributed by atoms with Gasteiger partial charge in [-0.3, -0.25) is 9.36 Å². The molecule has 1 saturated carbocycles. The lowest BCUT2D eigenvalue weighted by Gasteiger charge is -2.13. The standard InChI is InChI=1S/C17H13BrClN3OS/c18-16-20-21-17(24-9-15(19)23)22(16)14-8-7-11(10-5-6-10)12-3-1-2-4-13(12)14/h1-4,7-8,10H,5-6,9H2. The van der Waals surface area contributed by atoms with Crippen molar-refractivity contribution < 1.29 is 4.79 Å². The average molecular weight is 423 g/mol. The first-order valence-corrected chi connectivity index (χ1v) is 9.75. The van der Waals surface area contributed by atoms with Gasteiger partial charge in [-0.25, -0.2) is 0 Å². The van der Waals surface area contributed by atoms with Crippen LogP contribution in [0, 0.1) is 0 Å². The van der Waals surface area contributed by atoms with Gasteiger partial charge in [-0.2, -0.15) is 0 Å². The van der Waals surface area contributed by atoms with Gasteiger partial charge in [-0.15, -0.1) is 10.2 Å². The number of hydrogen-bond donors (Lipinski definition) is 0. The van der Waals surface area contributed by atoms with Crippen molar-refractivity contribution in [2.45, 2.75) is 23.9 Å². The van der Waals surface area contributed by atoms with Crippen LogP contribution in [0.25, 0.3) is 16.5 Å². The largest absolute Gasteiger partial charge is 0.280 e. The molecule has 4 rings (SSSR count). The van der Waals surface area contributed by atoms with Crippen LogP contribution < -0.4 is 0 Å². The van der Waals surface area contributed by atoms with Crippen LogP contribution in [0.1, 0.15) is 24.3 Å². The summed E-state index contributed by atoms with van der Waals surface area (Å²) in [6.45, 7) is 0. The highest BCUT2D eigenvalue weighted by Gasteiger charge is 2.26. The zero-order valence-electron chi connectivity index (χ0n) is 12.6. The number of carbonyl (C=O) groups excluding carboxylic acids is 1. The Bertz CT molecular complexity index is 939. The van der Waals surface area contributed by atoms with E-state index >= 15 is 0 Å². The molecular weight excluding hydrogens is 410 g/mol. The minimum absolute atomic E-state index is 0.158. The van der Waals surface area contributed by atoms with Crippen molar-refractivity contribution in [3.63, 3.8) is 0 Å². The SMILES string of the molecule is O=C(Cl)CSc1nnc(Br)n1-c1ccc(C2CC2)c2ccccc12. The Morgan fingerprint density at radius 2 is 1.96 bits per heavy atom. The Balaban J connectivity index is 1.87. The van der Waals surface area contributed by atoms with Gasteiger partial charge < -0.3 is 0 Å². The molecule has 1 aliphatic rings. The number of rotatable bonds is 5. The lowest BCUT2D eigenvalue weighted by molar-refractivity contribution is -0.109. The molecule has 0 spiro atoms. The predicted octanol–water partition coefficient (Wildman–Crippen LogP) is 4.92. The molecule has 0 aliphatic heterocycles. The summed E-state index contributed by atoms with van der Waals surface area (Å²) in [5, 5.41) is 10.9. The van der Waals surface area contributed by atoms with Crippen molar-refractivity contribution in [1.29, 1.82) is 0 Å². The number of nitrogens with zero attached hydrogens (tertiary/aromatic N) is 3. The fraction of sp³-hybridized carbons (Fsp3) is 0.235. The van der Waals surface area contributed by atoms with Gasteiger partial charge in [0.15, 0.2) is 5.16 Å². The van der Waals surface area contributed by atoms with Crippen LogP contribution in [-0.4, -0.2) is 25.8 Å². The van der Waals surface area contributed by atoms with E-state index in [4.69, 9.17) is 11.6 Å². The molecule has 1 aliphatic carbocycles. The molecule has 0 bridgehead atoms. The number of hydrogen-bond acceptors (Lipinski definition) is 4. The molecule has 2 aromatic carbocycles. The minimum Gasteiger partial charge on any atom is -0.280 e. The van der Waals surface area contributed by atoms with Gasteiger partial charge in [0.2, 0.25) is 9.98 Å². The Labute approximate surface area is 156 Å². The second-order valence-electron chi connectivity index (χ2n) is 5.72. The molecule has 7 heteroatoms. The molecule has 1 aromatic heterocycles. The molecule has 0 amide bonds. The normalized spacial score (nSPS) is 14.2. The van der Waals surface area contributed by atoms with Crippen LogP contribution in [0.5, 0.6) is 0 Å². The van der Waals surface area contributed by atoms with Gasteiger partial charge in [0.25, 0.3) is 0 Å². The average Bonchev–Trinajstić information content (AvgIpc) is 3.35. The Hall–Kier alpha value is -1.37. The Kier molecular flexibility index (Phi) is 4.37. The number of fused-ring (bicyclic) bond motifs is 1. The summed E-state index contributed by atoms with van der Waals surface area (Å²) in [5.41, 5.74) is 2.40. The molecule has 1 heterocycles. The highest BCUT2D eigenvalue weighted by atomic mass is 79.9. The molecule has 4 nitrogen and oxygen atoms in total. The maximum Gasteiger partial charge on any atom is 0.232 e. The second-order valence-corrected chi connectivity index (χ2v) is 7.80. The van der Waals surface area contributed by atoms with E-state index in [0.717, 1.165) is 11.1 Å². The van der Waals surface area contributed by atoms with E-state index in [9.17, 15) is 4.79 Å². The third-order valence-electron chi connectivity index (χ3n) is 4.10. The zero-order valence-corrected chi connectivity index (χ0v) is 15.7. The van der Waals surface area contributed by atoms with Crippen molar-refractivity contribution >= 4 is 55.3 Å². The van der Waals surface area contributed by atoms with E-state index in [2.05, 4.69) is 56.5 Å². The van der Waals surface area contributed by atoms with Crippen LogP contribution in [0.3, 0.4) is 0 Å². The van der Waals surface area contributed by atoms with Crippen LogP contribution in [0.4, 0.5) is 0 Å². The van der Waals surface area contributed by atoms with Gasteiger partial charge in [-0.1, -0.05) is 42.1 Å². The van der Waals surface area contributed by atoms with E-state index in [1.165, 1.54) is 35.6 Å². The first-order chi connectivity index (χ1) is 11.6. The van der Waals surface area contributed by atoms with Crippen LogP contribution in [-0.2, 0) is 4.79 Å². The van der Waals surface area contributed by atoms with E-state index in [0.29, 0.717) is 15.8 Å². The number of aromatic nitrogens is 3. The molecule has 122 valence electrons. The van der Waals surface area contributed by atoms with Gasteiger partial charge >= 0.3 is 0 Å². The first-order valence-electron chi connectivity index (χ1n) is 7.59. The molecule has 0 atom stereocenters. The summed E-state index contributed by atoms with van der Waals surface area (Å²) >= 11 is 10.2. The van der Waals surface area contributed by atoms with Crippen molar-refractivity contribution in [1.82, 2.24) is 14.8 Å². The molecule has 1 fully saturated rings. The predicted molar refractivity (Wildman–Crippen MR) is 100 cm³/mol. The van der Waals surface area contributed by atoms with E-state index in [1.54, 1.807) is 0 Å². The highest BCUT2D eigenvalue weighted by Crippen LogP contribution is 2.44. The first kappa shape index (κ1) is 16.1. The molecule has 0 unspecified atom stereocenters. The Morgan fingerprint density at radius 3 is 2.67 bits per heavy atom. The summed E-state index contributed by atoms with van der Waals surface area (Å²) in [7, 11) is 0. The Morgan fingerprint density at radius 1 is 1.21 bits per heavy atom. The van der Waals surface area contributed by atoms with Crippen molar-refractivity contribution in [2.24, 2.45) is 0 Å². The maximum atomic E-state index is 11.1. The smallest absolute Gasteiger partial charge is 0.232 e. The number of carbonyl (C=O) groups is 1. The van der Waals surface area contributed by atoms with Crippen LogP contribution in [0.2, 0.25) is 0 Å². The second kappa shape index (κ2) is 6.50. The number of halogens is 2. The van der Waals surface area contributed by atoms with Crippen molar-refractivity contribution in [3.8, 4) is 5.69 Å².